The first kappa shape index (κ1) is 18.6. The lowest BCUT2D eigenvalue weighted by atomic mass is 10.0. The first-order valence-corrected chi connectivity index (χ1v) is 9.81. The molecule has 1 N–H and O–H groups in total. The van der Waals surface area contributed by atoms with Crippen molar-refractivity contribution >= 4 is 16.9 Å². The lowest BCUT2D eigenvalue weighted by molar-refractivity contribution is 0.0911. The van der Waals surface area contributed by atoms with E-state index >= 15 is 0 Å². The summed E-state index contributed by atoms with van der Waals surface area (Å²) in [7, 11) is 1.67. The number of amides is 1. The summed E-state index contributed by atoms with van der Waals surface area (Å²) in [4.78, 5) is 15.3. The Balaban J connectivity index is 1.52. The van der Waals surface area contributed by atoms with Crippen molar-refractivity contribution in [2.24, 2.45) is 0 Å². The molecular weight excluding hydrogens is 352 g/mol. The maximum absolute atomic E-state index is 12.8. The van der Waals surface area contributed by atoms with Gasteiger partial charge in [-0.15, -0.1) is 0 Å². The lowest BCUT2D eigenvalue weighted by Crippen LogP contribution is -2.36. The third kappa shape index (κ3) is 3.62. The van der Waals surface area contributed by atoms with Crippen LogP contribution in [0.15, 0.2) is 52.9 Å². The molecule has 0 aliphatic carbocycles. The van der Waals surface area contributed by atoms with Gasteiger partial charge in [-0.2, -0.15) is 0 Å². The number of rotatable bonds is 6. The number of nitrogens with zero attached hydrogens (tertiary/aromatic N) is 1. The van der Waals surface area contributed by atoms with E-state index in [2.05, 4.69) is 22.3 Å². The number of carbonyl (C=O) groups excluding carboxylic acids is 1. The van der Waals surface area contributed by atoms with Crippen LogP contribution in [0.25, 0.3) is 11.0 Å². The zero-order valence-electron chi connectivity index (χ0n) is 16.4. The molecule has 2 aromatic carbocycles. The third-order valence-electron chi connectivity index (χ3n) is 5.59. The fourth-order valence-corrected chi connectivity index (χ4v) is 4.00. The molecule has 1 atom stereocenters. The second-order valence-electron chi connectivity index (χ2n) is 7.29. The molecule has 1 aromatic heterocycles. The molecule has 5 nitrogen and oxygen atoms in total. The average Bonchev–Trinajstić information content (AvgIpc) is 3.37. The smallest absolute Gasteiger partial charge is 0.287 e. The summed E-state index contributed by atoms with van der Waals surface area (Å²) in [5.41, 5.74) is 2.82. The minimum atomic E-state index is -0.161. The molecule has 5 heteroatoms. The first-order valence-electron chi connectivity index (χ1n) is 9.81. The average molecular weight is 378 g/mol. The minimum Gasteiger partial charge on any atom is -0.497 e. The fourth-order valence-electron chi connectivity index (χ4n) is 4.00. The molecule has 1 aliphatic heterocycles. The fraction of sp³-hybridized carbons (Fsp3) is 0.348. The summed E-state index contributed by atoms with van der Waals surface area (Å²) in [5, 5.41) is 4.08. The summed E-state index contributed by atoms with van der Waals surface area (Å²) in [5.74, 6) is 1.08. The van der Waals surface area contributed by atoms with E-state index in [0.717, 1.165) is 35.4 Å². The molecule has 28 heavy (non-hydrogen) atoms. The Labute approximate surface area is 165 Å². The molecule has 0 spiro atoms. The van der Waals surface area contributed by atoms with Crippen molar-refractivity contribution in [3.05, 3.63) is 65.4 Å². The number of ether oxygens (including phenoxy) is 1. The first-order chi connectivity index (χ1) is 13.7. The van der Waals surface area contributed by atoms with E-state index in [1.165, 1.54) is 18.4 Å². The summed E-state index contributed by atoms with van der Waals surface area (Å²) < 4.78 is 11.1. The highest BCUT2D eigenvalue weighted by molar-refractivity contribution is 5.98. The molecule has 0 unspecified atom stereocenters. The van der Waals surface area contributed by atoms with Gasteiger partial charge in [-0.25, -0.2) is 0 Å². The van der Waals surface area contributed by atoms with Crippen molar-refractivity contribution in [3.63, 3.8) is 0 Å². The number of carbonyl (C=O) groups is 1. The van der Waals surface area contributed by atoms with Gasteiger partial charge in [-0.1, -0.05) is 30.3 Å². The predicted octanol–water partition coefficient (Wildman–Crippen LogP) is 4.32. The van der Waals surface area contributed by atoms with Crippen LogP contribution < -0.4 is 10.1 Å². The maximum atomic E-state index is 12.8. The highest BCUT2D eigenvalue weighted by atomic mass is 16.5. The van der Waals surface area contributed by atoms with Crippen LogP contribution in [-0.2, 0) is 0 Å². The van der Waals surface area contributed by atoms with Gasteiger partial charge >= 0.3 is 0 Å². The number of furan rings is 1. The Kier molecular flexibility index (Phi) is 5.35. The van der Waals surface area contributed by atoms with Crippen molar-refractivity contribution in [2.75, 3.05) is 26.7 Å². The summed E-state index contributed by atoms with van der Waals surface area (Å²) in [6, 6.07) is 16.0. The topological polar surface area (TPSA) is 54.7 Å². The van der Waals surface area contributed by atoms with E-state index in [1.54, 1.807) is 7.11 Å². The van der Waals surface area contributed by atoms with E-state index < -0.39 is 0 Å². The Bertz CT molecular complexity index is 956. The summed E-state index contributed by atoms with van der Waals surface area (Å²) >= 11 is 0. The number of hydrogen-bond donors (Lipinski definition) is 1. The highest BCUT2D eigenvalue weighted by Gasteiger charge is 2.25. The number of fused-ring (bicyclic) bond motifs is 1. The number of para-hydroxylation sites is 1. The van der Waals surface area contributed by atoms with E-state index in [-0.39, 0.29) is 11.9 Å². The zero-order valence-corrected chi connectivity index (χ0v) is 16.4. The molecule has 3 aromatic rings. The highest BCUT2D eigenvalue weighted by Crippen LogP contribution is 2.27. The van der Waals surface area contributed by atoms with E-state index in [9.17, 15) is 4.79 Å². The largest absolute Gasteiger partial charge is 0.497 e. The summed E-state index contributed by atoms with van der Waals surface area (Å²) in [6.07, 6.45) is 2.40. The van der Waals surface area contributed by atoms with E-state index in [1.807, 2.05) is 43.3 Å². The molecule has 146 valence electrons. The molecule has 0 radical (unpaired) electrons. The van der Waals surface area contributed by atoms with Crippen LogP contribution in [0.4, 0.5) is 0 Å². The second-order valence-corrected chi connectivity index (χ2v) is 7.29. The van der Waals surface area contributed by atoms with Crippen LogP contribution in [0.1, 0.15) is 40.6 Å². The third-order valence-corrected chi connectivity index (χ3v) is 5.59. The quantitative estimate of drug-likeness (QED) is 0.694. The van der Waals surface area contributed by atoms with Crippen molar-refractivity contribution in [1.82, 2.24) is 10.2 Å². The number of hydrogen-bond acceptors (Lipinski definition) is 4. The normalized spacial score (nSPS) is 15.6. The Morgan fingerprint density at radius 1 is 1.14 bits per heavy atom. The standard InChI is InChI=1S/C23H26N2O3/c1-16-19-7-3-4-8-21(19)28-22(16)23(26)24-15-20(25-13-5-6-14-25)17-9-11-18(27-2)12-10-17/h3-4,7-12,20H,5-6,13-15H2,1-2H3,(H,24,26)/t20-/m1/s1. The number of benzene rings is 2. The van der Waals surface area contributed by atoms with Gasteiger partial charge in [-0.3, -0.25) is 9.69 Å². The SMILES string of the molecule is COc1ccc([C@@H](CNC(=O)c2oc3ccccc3c2C)N2CCCC2)cc1. The number of nitrogens with one attached hydrogen (secondary N) is 1. The molecular formula is C23H26N2O3. The predicted molar refractivity (Wildman–Crippen MR) is 110 cm³/mol. The molecule has 2 heterocycles. The van der Waals surface area contributed by atoms with E-state index in [0.29, 0.717) is 12.3 Å². The van der Waals surface area contributed by atoms with Gasteiger partial charge in [0.05, 0.1) is 13.2 Å². The molecule has 1 amide bonds. The van der Waals surface area contributed by atoms with Crippen LogP contribution in [0, 0.1) is 6.92 Å². The van der Waals surface area contributed by atoms with Gasteiger partial charge in [-0.05, 0) is 56.6 Å². The van der Waals surface area contributed by atoms with Gasteiger partial charge in [0.15, 0.2) is 5.76 Å². The van der Waals surface area contributed by atoms with Gasteiger partial charge in [0.25, 0.3) is 5.91 Å². The molecule has 0 saturated carbocycles. The lowest BCUT2D eigenvalue weighted by Gasteiger charge is -2.28. The summed E-state index contributed by atoms with van der Waals surface area (Å²) in [6.45, 7) is 4.58. The Morgan fingerprint density at radius 2 is 1.86 bits per heavy atom. The van der Waals surface area contributed by atoms with Crippen LogP contribution >= 0.6 is 0 Å². The minimum absolute atomic E-state index is 0.141. The molecule has 0 bridgehead atoms. The zero-order chi connectivity index (χ0) is 19.5. The van der Waals surface area contributed by atoms with Crippen LogP contribution in [-0.4, -0.2) is 37.6 Å². The Morgan fingerprint density at radius 3 is 2.54 bits per heavy atom. The molecule has 4 rings (SSSR count). The molecule has 1 aliphatic rings. The van der Waals surface area contributed by atoms with Crippen molar-refractivity contribution in [2.45, 2.75) is 25.8 Å². The van der Waals surface area contributed by atoms with Crippen molar-refractivity contribution in [1.29, 1.82) is 0 Å². The monoisotopic (exact) mass is 378 g/mol. The van der Waals surface area contributed by atoms with Crippen molar-refractivity contribution in [3.8, 4) is 5.75 Å². The van der Waals surface area contributed by atoms with Crippen LogP contribution in [0.5, 0.6) is 5.75 Å². The van der Waals surface area contributed by atoms with Gasteiger partial charge in [0.1, 0.15) is 11.3 Å². The maximum Gasteiger partial charge on any atom is 0.287 e. The van der Waals surface area contributed by atoms with Gasteiger partial charge in [0, 0.05) is 17.5 Å². The van der Waals surface area contributed by atoms with Gasteiger partial charge in [0.2, 0.25) is 0 Å². The number of likely N-dealkylation sites (tertiary alicyclic amines) is 1. The second kappa shape index (κ2) is 8.07. The Hall–Kier alpha value is -2.79. The van der Waals surface area contributed by atoms with E-state index in [4.69, 9.17) is 9.15 Å². The molecule has 1 fully saturated rings. The number of methoxy groups -OCH3 is 1. The van der Waals surface area contributed by atoms with Crippen LogP contribution in [0.3, 0.4) is 0 Å². The van der Waals surface area contributed by atoms with Crippen LogP contribution in [0.2, 0.25) is 0 Å². The van der Waals surface area contributed by atoms with Crippen molar-refractivity contribution < 1.29 is 13.9 Å². The number of aryl methyl sites for hydroxylation is 1. The van der Waals surface area contributed by atoms with Gasteiger partial charge < -0.3 is 14.5 Å². The molecule has 1 saturated heterocycles.